The van der Waals surface area contributed by atoms with Crippen LogP contribution >= 0.6 is 15.9 Å². The molecule has 102 valence electrons. The molecule has 3 rings (SSSR count). The zero-order valence-corrected chi connectivity index (χ0v) is 12.0. The van der Waals surface area contributed by atoms with E-state index in [1.165, 1.54) is 21.6 Å². The number of halogens is 2. The third-order valence-electron chi connectivity index (χ3n) is 2.97. The standard InChI is InChI=1S/C12H9BrFN5O/c1-18-11-8(5-15-18)12(20)19(17-16-11)6-7-3-2-4-9(14)10(7)13/h2-5H,6H2,1H3. The lowest BCUT2D eigenvalue weighted by atomic mass is 10.2. The minimum atomic E-state index is -0.383. The summed E-state index contributed by atoms with van der Waals surface area (Å²) in [6.07, 6.45) is 1.45. The Hall–Kier alpha value is -2.09. The van der Waals surface area contributed by atoms with Crippen molar-refractivity contribution in [3.63, 3.8) is 0 Å². The van der Waals surface area contributed by atoms with Crippen LogP contribution in [-0.2, 0) is 13.6 Å². The highest BCUT2D eigenvalue weighted by Gasteiger charge is 2.12. The summed E-state index contributed by atoms with van der Waals surface area (Å²) in [5.74, 6) is -0.383. The van der Waals surface area contributed by atoms with Gasteiger partial charge in [-0.25, -0.2) is 13.8 Å². The Kier molecular flexibility index (Phi) is 3.09. The van der Waals surface area contributed by atoms with Crippen LogP contribution in [0.4, 0.5) is 4.39 Å². The fourth-order valence-electron chi connectivity index (χ4n) is 1.91. The lowest BCUT2D eigenvalue weighted by molar-refractivity contribution is 0.582. The van der Waals surface area contributed by atoms with Gasteiger partial charge in [0.05, 0.1) is 17.2 Å². The summed E-state index contributed by atoms with van der Waals surface area (Å²) >= 11 is 3.16. The van der Waals surface area contributed by atoms with Gasteiger partial charge in [0.1, 0.15) is 11.2 Å². The minimum absolute atomic E-state index is 0.134. The van der Waals surface area contributed by atoms with E-state index < -0.39 is 0 Å². The minimum Gasteiger partial charge on any atom is -0.267 e. The molecule has 6 nitrogen and oxygen atoms in total. The van der Waals surface area contributed by atoms with Gasteiger partial charge in [0, 0.05) is 7.05 Å². The van der Waals surface area contributed by atoms with Crippen LogP contribution in [0.25, 0.3) is 11.0 Å². The van der Waals surface area contributed by atoms with Gasteiger partial charge in [0.25, 0.3) is 5.56 Å². The average molecular weight is 338 g/mol. The van der Waals surface area contributed by atoms with Gasteiger partial charge in [-0.1, -0.05) is 17.3 Å². The smallest absolute Gasteiger partial charge is 0.267 e. The summed E-state index contributed by atoms with van der Waals surface area (Å²) in [6.45, 7) is 0.134. The lowest BCUT2D eigenvalue weighted by Crippen LogP contribution is -2.25. The molecule has 0 bridgehead atoms. The van der Waals surface area contributed by atoms with Gasteiger partial charge in [-0.2, -0.15) is 5.10 Å². The third kappa shape index (κ3) is 2.01. The van der Waals surface area contributed by atoms with Crippen LogP contribution in [0.15, 0.2) is 33.7 Å². The third-order valence-corrected chi connectivity index (χ3v) is 3.86. The molecule has 2 heterocycles. The van der Waals surface area contributed by atoms with Gasteiger partial charge >= 0.3 is 0 Å². The van der Waals surface area contributed by atoms with Crippen LogP contribution in [0.1, 0.15) is 5.56 Å². The van der Waals surface area contributed by atoms with E-state index in [0.717, 1.165) is 0 Å². The van der Waals surface area contributed by atoms with Gasteiger partial charge in [-0.15, -0.1) is 5.10 Å². The molecule has 0 aliphatic heterocycles. The molecule has 0 unspecified atom stereocenters. The van der Waals surface area contributed by atoms with Crippen molar-refractivity contribution in [3.05, 3.63) is 50.6 Å². The summed E-state index contributed by atoms with van der Waals surface area (Å²) in [4.78, 5) is 12.2. The van der Waals surface area contributed by atoms with Crippen molar-refractivity contribution < 1.29 is 4.39 Å². The fraction of sp³-hybridized carbons (Fsp3) is 0.167. The monoisotopic (exact) mass is 337 g/mol. The Bertz CT molecular complexity index is 857. The highest BCUT2D eigenvalue weighted by atomic mass is 79.9. The van der Waals surface area contributed by atoms with Crippen LogP contribution in [0.5, 0.6) is 0 Å². The first-order chi connectivity index (χ1) is 9.58. The molecule has 1 aromatic carbocycles. The van der Waals surface area contributed by atoms with E-state index in [4.69, 9.17) is 0 Å². The number of nitrogens with zero attached hydrogens (tertiary/aromatic N) is 5. The maximum atomic E-state index is 13.5. The van der Waals surface area contributed by atoms with Crippen molar-refractivity contribution in [2.75, 3.05) is 0 Å². The number of benzene rings is 1. The molecule has 8 heteroatoms. The van der Waals surface area contributed by atoms with Gasteiger partial charge < -0.3 is 0 Å². The molecule has 0 fully saturated rings. The lowest BCUT2D eigenvalue weighted by Gasteiger charge is -2.06. The zero-order chi connectivity index (χ0) is 14.3. The Morgan fingerprint density at radius 1 is 1.40 bits per heavy atom. The maximum absolute atomic E-state index is 13.5. The molecule has 0 N–H and O–H groups in total. The van der Waals surface area contributed by atoms with E-state index in [1.807, 2.05) is 0 Å². The molecule has 0 saturated carbocycles. The summed E-state index contributed by atoms with van der Waals surface area (Å²) in [5.41, 5.74) is 0.730. The number of fused-ring (bicyclic) bond motifs is 1. The molecule has 0 aliphatic carbocycles. The molecule has 0 aliphatic rings. The Labute approximate surface area is 121 Å². The van der Waals surface area contributed by atoms with E-state index >= 15 is 0 Å². The Morgan fingerprint density at radius 2 is 2.20 bits per heavy atom. The van der Waals surface area contributed by atoms with E-state index in [1.54, 1.807) is 19.2 Å². The predicted molar refractivity (Wildman–Crippen MR) is 73.8 cm³/mol. The molecular weight excluding hydrogens is 329 g/mol. The summed E-state index contributed by atoms with van der Waals surface area (Å²) in [5, 5.41) is 12.2. The topological polar surface area (TPSA) is 65.6 Å². The molecule has 3 aromatic rings. The summed E-state index contributed by atoms with van der Waals surface area (Å²) < 4.78 is 16.4. The molecule has 0 atom stereocenters. The van der Waals surface area contributed by atoms with E-state index in [-0.39, 0.29) is 17.9 Å². The van der Waals surface area contributed by atoms with Crippen molar-refractivity contribution in [1.82, 2.24) is 24.8 Å². The van der Waals surface area contributed by atoms with Crippen LogP contribution in [0, 0.1) is 5.82 Å². The second-order valence-corrected chi connectivity index (χ2v) is 5.06. The van der Waals surface area contributed by atoms with Gasteiger partial charge in [0.2, 0.25) is 0 Å². The molecule has 0 amide bonds. The number of aromatic nitrogens is 5. The summed E-state index contributed by atoms with van der Waals surface area (Å²) in [6, 6.07) is 4.64. The highest BCUT2D eigenvalue weighted by Crippen LogP contribution is 2.20. The van der Waals surface area contributed by atoms with Crippen molar-refractivity contribution in [3.8, 4) is 0 Å². The van der Waals surface area contributed by atoms with E-state index in [2.05, 4.69) is 31.3 Å². The van der Waals surface area contributed by atoms with Gasteiger partial charge in [-0.05, 0) is 27.6 Å². The van der Waals surface area contributed by atoms with E-state index in [9.17, 15) is 9.18 Å². The van der Waals surface area contributed by atoms with Crippen LogP contribution in [-0.4, -0.2) is 24.8 Å². The molecule has 0 spiro atoms. The Morgan fingerprint density at radius 3 is 3.00 bits per heavy atom. The molecule has 2 aromatic heterocycles. The number of rotatable bonds is 2. The molecule has 0 radical (unpaired) electrons. The molecule has 0 saturated heterocycles. The predicted octanol–water partition coefficient (Wildman–Crippen LogP) is 1.47. The first-order valence-electron chi connectivity index (χ1n) is 5.76. The van der Waals surface area contributed by atoms with Gasteiger partial charge in [-0.3, -0.25) is 4.79 Å². The van der Waals surface area contributed by atoms with Gasteiger partial charge in [0.15, 0.2) is 5.65 Å². The number of hydrogen-bond donors (Lipinski definition) is 0. The van der Waals surface area contributed by atoms with Crippen molar-refractivity contribution in [1.29, 1.82) is 0 Å². The quantitative estimate of drug-likeness (QED) is 0.710. The molecule has 20 heavy (non-hydrogen) atoms. The van der Waals surface area contributed by atoms with Crippen LogP contribution < -0.4 is 5.56 Å². The number of aryl methyl sites for hydroxylation is 1. The van der Waals surface area contributed by atoms with Crippen LogP contribution in [0.2, 0.25) is 0 Å². The average Bonchev–Trinajstić information content (AvgIpc) is 2.80. The fourth-order valence-corrected chi connectivity index (χ4v) is 2.30. The second kappa shape index (κ2) is 4.78. The van der Waals surface area contributed by atoms with Crippen LogP contribution in [0.3, 0.4) is 0 Å². The number of hydrogen-bond acceptors (Lipinski definition) is 4. The van der Waals surface area contributed by atoms with Crippen molar-refractivity contribution in [2.24, 2.45) is 7.05 Å². The normalized spacial score (nSPS) is 11.2. The Balaban J connectivity index is 2.09. The SMILES string of the molecule is Cn1ncc2c(=O)n(Cc3cccc(F)c3Br)nnc21. The maximum Gasteiger partial charge on any atom is 0.281 e. The van der Waals surface area contributed by atoms with E-state index in [0.29, 0.717) is 21.1 Å². The zero-order valence-electron chi connectivity index (χ0n) is 10.4. The van der Waals surface area contributed by atoms with Crippen molar-refractivity contribution >= 4 is 27.0 Å². The highest BCUT2D eigenvalue weighted by molar-refractivity contribution is 9.10. The van der Waals surface area contributed by atoms with Crippen molar-refractivity contribution in [2.45, 2.75) is 6.54 Å². The largest absolute Gasteiger partial charge is 0.281 e. The second-order valence-electron chi connectivity index (χ2n) is 4.27. The molecular formula is C12H9BrFN5O. The first-order valence-corrected chi connectivity index (χ1v) is 6.55. The summed E-state index contributed by atoms with van der Waals surface area (Å²) in [7, 11) is 1.68. The first kappa shape index (κ1) is 12.9.